The molecule has 0 aliphatic rings. The number of nitriles is 1. The van der Waals surface area contributed by atoms with E-state index in [1.165, 1.54) is 0 Å². The first-order chi connectivity index (χ1) is 15.5. The Balaban J connectivity index is 1.62. The second kappa shape index (κ2) is 9.02. The van der Waals surface area contributed by atoms with E-state index < -0.39 is 5.91 Å². The van der Waals surface area contributed by atoms with E-state index in [1.54, 1.807) is 30.3 Å². The van der Waals surface area contributed by atoms with Crippen LogP contribution in [0.15, 0.2) is 91.0 Å². The molecule has 0 bridgehead atoms. The summed E-state index contributed by atoms with van der Waals surface area (Å²) >= 11 is 0. The Morgan fingerprint density at radius 2 is 1.53 bits per heavy atom. The molecule has 1 aromatic heterocycles. The molecule has 6 nitrogen and oxygen atoms in total. The molecule has 2 N–H and O–H groups in total. The topological polar surface area (TPSA) is 92.2 Å². The van der Waals surface area contributed by atoms with Crippen LogP contribution in [0.25, 0.3) is 11.3 Å². The van der Waals surface area contributed by atoms with Crippen molar-refractivity contribution in [1.29, 1.82) is 5.26 Å². The van der Waals surface area contributed by atoms with E-state index in [4.69, 9.17) is 15.7 Å². The molecule has 0 saturated heterocycles. The van der Waals surface area contributed by atoms with Crippen LogP contribution >= 0.6 is 0 Å². The Hall–Kier alpha value is -4.63. The molecule has 4 aromatic rings. The third kappa shape index (κ3) is 4.58. The second-order valence-corrected chi connectivity index (χ2v) is 7.12. The van der Waals surface area contributed by atoms with Crippen LogP contribution in [0.1, 0.15) is 16.1 Å². The minimum atomic E-state index is -0.588. The van der Waals surface area contributed by atoms with Gasteiger partial charge in [0.25, 0.3) is 5.91 Å². The maximum absolute atomic E-state index is 11.9. The van der Waals surface area contributed by atoms with Crippen LogP contribution in [0, 0.1) is 11.3 Å². The lowest BCUT2D eigenvalue weighted by atomic mass is 10.1. The zero-order chi connectivity index (χ0) is 22.5. The predicted molar refractivity (Wildman–Crippen MR) is 124 cm³/mol. The Morgan fingerprint density at radius 3 is 2.12 bits per heavy atom. The summed E-state index contributed by atoms with van der Waals surface area (Å²) in [5.41, 5.74) is 9.53. The highest BCUT2D eigenvalue weighted by atomic mass is 16.5. The van der Waals surface area contributed by atoms with Gasteiger partial charge in [0.15, 0.2) is 0 Å². The molecule has 4 rings (SSSR count). The van der Waals surface area contributed by atoms with Crippen molar-refractivity contribution in [2.24, 2.45) is 5.73 Å². The van der Waals surface area contributed by atoms with Gasteiger partial charge in [-0.3, -0.25) is 4.79 Å². The van der Waals surface area contributed by atoms with Crippen molar-refractivity contribution in [3.8, 4) is 28.8 Å². The van der Waals surface area contributed by atoms with E-state index in [1.807, 2.05) is 72.6 Å². The van der Waals surface area contributed by atoms with E-state index in [0.29, 0.717) is 22.8 Å². The van der Waals surface area contributed by atoms with Crippen LogP contribution in [0.2, 0.25) is 0 Å². The lowest BCUT2D eigenvalue weighted by Gasteiger charge is -2.20. The normalized spacial score (nSPS) is 10.2. The molecule has 0 atom stereocenters. The molecule has 0 aliphatic heterocycles. The van der Waals surface area contributed by atoms with Gasteiger partial charge in [0.1, 0.15) is 17.2 Å². The second-order valence-electron chi connectivity index (χ2n) is 7.12. The number of ether oxygens (including phenoxy) is 1. The number of carbonyl (C=O) groups is 1. The number of pyridine rings is 1. The van der Waals surface area contributed by atoms with Crippen molar-refractivity contribution in [2.45, 2.75) is 0 Å². The molecule has 3 aromatic carbocycles. The highest BCUT2D eigenvalue weighted by Gasteiger charge is 2.13. The number of benzene rings is 3. The summed E-state index contributed by atoms with van der Waals surface area (Å²) in [7, 11) is 1.92. The maximum Gasteiger partial charge on any atom is 0.267 e. The number of aromatic nitrogens is 1. The van der Waals surface area contributed by atoms with Crippen LogP contribution in [0.4, 0.5) is 11.4 Å². The van der Waals surface area contributed by atoms with Crippen molar-refractivity contribution in [3.05, 3.63) is 102 Å². The Bertz CT molecular complexity index is 1280. The van der Waals surface area contributed by atoms with E-state index in [2.05, 4.69) is 11.1 Å². The lowest BCUT2D eigenvalue weighted by molar-refractivity contribution is 0.0995. The van der Waals surface area contributed by atoms with Gasteiger partial charge < -0.3 is 15.4 Å². The lowest BCUT2D eigenvalue weighted by Crippen LogP contribution is -2.16. The van der Waals surface area contributed by atoms with Crippen LogP contribution in [0.5, 0.6) is 11.5 Å². The van der Waals surface area contributed by atoms with Gasteiger partial charge in [-0.1, -0.05) is 18.2 Å². The number of hydrogen-bond donors (Lipinski definition) is 1. The SMILES string of the molecule is CN(c1ccccc1)c1cc(C(N)=O)nc(-c2ccc(Oc3ccc(C#N)cc3)cc2)c1. The Morgan fingerprint density at radius 1 is 0.906 bits per heavy atom. The predicted octanol–water partition coefficient (Wildman–Crippen LogP) is 5.28. The Labute approximate surface area is 186 Å². The first kappa shape index (κ1) is 20.6. The minimum absolute atomic E-state index is 0.193. The van der Waals surface area contributed by atoms with Gasteiger partial charge in [0.05, 0.1) is 17.3 Å². The number of anilines is 2. The molecule has 0 saturated carbocycles. The van der Waals surface area contributed by atoms with Gasteiger partial charge in [0, 0.05) is 24.0 Å². The van der Waals surface area contributed by atoms with Crippen molar-refractivity contribution >= 4 is 17.3 Å². The van der Waals surface area contributed by atoms with Crippen molar-refractivity contribution in [3.63, 3.8) is 0 Å². The summed E-state index contributed by atoms with van der Waals surface area (Å²) in [6, 6.07) is 29.8. The molecule has 0 radical (unpaired) electrons. The fourth-order valence-electron chi connectivity index (χ4n) is 3.21. The van der Waals surface area contributed by atoms with Crippen molar-refractivity contribution in [1.82, 2.24) is 4.98 Å². The van der Waals surface area contributed by atoms with Crippen LogP contribution in [-0.2, 0) is 0 Å². The van der Waals surface area contributed by atoms with E-state index >= 15 is 0 Å². The molecule has 32 heavy (non-hydrogen) atoms. The number of nitrogens with two attached hydrogens (primary N) is 1. The van der Waals surface area contributed by atoms with E-state index in [0.717, 1.165) is 16.9 Å². The smallest absolute Gasteiger partial charge is 0.267 e. The van der Waals surface area contributed by atoms with E-state index in [-0.39, 0.29) is 5.69 Å². The molecule has 0 fully saturated rings. The number of primary amides is 1. The van der Waals surface area contributed by atoms with Gasteiger partial charge in [-0.25, -0.2) is 4.98 Å². The van der Waals surface area contributed by atoms with Crippen LogP contribution in [-0.4, -0.2) is 17.9 Å². The molecule has 6 heteroatoms. The van der Waals surface area contributed by atoms with Crippen LogP contribution in [0.3, 0.4) is 0 Å². The van der Waals surface area contributed by atoms with Gasteiger partial charge >= 0.3 is 0 Å². The van der Waals surface area contributed by atoms with Crippen molar-refractivity contribution < 1.29 is 9.53 Å². The highest BCUT2D eigenvalue weighted by Crippen LogP contribution is 2.30. The zero-order valence-electron chi connectivity index (χ0n) is 17.4. The molecular weight excluding hydrogens is 400 g/mol. The first-order valence-corrected chi connectivity index (χ1v) is 9.92. The highest BCUT2D eigenvalue weighted by molar-refractivity contribution is 5.93. The molecule has 1 amide bonds. The standard InChI is InChI=1S/C26H20N4O2/c1-30(20-5-3-2-4-6-20)21-15-24(29-25(16-21)26(28)31)19-9-13-23(14-10-19)32-22-11-7-18(17-27)8-12-22/h2-16H,1H3,(H2,28,31). The fraction of sp³-hybridized carbons (Fsp3) is 0.0385. The minimum Gasteiger partial charge on any atom is -0.457 e. The number of amides is 1. The van der Waals surface area contributed by atoms with Gasteiger partial charge in [-0.05, 0) is 72.8 Å². The number of para-hydroxylation sites is 1. The molecule has 0 spiro atoms. The largest absolute Gasteiger partial charge is 0.457 e. The number of hydrogen-bond acceptors (Lipinski definition) is 5. The quantitative estimate of drug-likeness (QED) is 0.458. The van der Waals surface area contributed by atoms with Crippen molar-refractivity contribution in [2.75, 3.05) is 11.9 Å². The third-order valence-electron chi connectivity index (χ3n) is 4.96. The fourth-order valence-corrected chi connectivity index (χ4v) is 3.21. The number of carbonyl (C=O) groups excluding carboxylic acids is 1. The number of rotatable bonds is 6. The van der Waals surface area contributed by atoms with Gasteiger partial charge in [-0.15, -0.1) is 0 Å². The molecular formula is C26H20N4O2. The zero-order valence-corrected chi connectivity index (χ0v) is 17.4. The molecule has 1 heterocycles. The first-order valence-electron chi connectivity index (χ1n) is 9.92. The third-order valence-corrected chi connectivity index (χ3v) is 4.96. The summed E-state index contributed by atoms with van der Waals surface area (Å²) in [5, 5.41) is 8.90. The molecule has 0 unspecified atom stereocenters. The summed E-state index contributed by atoms with van der Waals surface area (Å²) < 4.78 is 5.84. The molecule has 0 aliphatic carbocycles. The van der Waals surface area contributed by atoms with E-state index in [9.17, 15) is 4.79 Å². The average molecular weight is 420 g/mol. The Kier molecular flexibility index (Phi) is 5.82. The number of nitrogens with zero attached hydrogens (tertiary/aromatic N) is 3. The summed E-state index contributed by atoms with van der Waals surface area (Å²) in [6.45, 7) is 0. The molecule has 156 valence electrons. The summed E-state index contributed by atoms with van der Waals surface area (Å²) in [4.78, 5) is 18.3. The summed E-state index contributed by atoms with van der Waals surface area (Å²) in [5.74, 6) is 0.693. The van der Waals surface area contributed by atoms with Crippen LogP contribution < -0.4 is 15.4 Å². The average Bonchev–Trinajstić information content (AvgIpc) is 2.84. The summed E-state index contributed by atoms with van der Waals surface area (Å²) in [6.07, 6.45) is 0. The monoisotopic (exact) mass is 420 g/mol. The maximum atomic E-state index is 11.9. The van der Waals surface area contributed by atoms with Gasteiger partial charge in [-0.2, -0.15) is 5.26 Å². The van der Waals surface area contributed by atoms with Gasteiger partial charge in [0.2, 0.25) is 0 Å².